The van der Waals surface area contributed by atoms with Crippen molar-refractivity contribution in [2.75, 3.05) is 20.8 Å². The summed E-state index contributed by atoms with van der Waals surface area (Å²) < 4.78 is 10.0. The van der Waals surface area contributed by atoms with Crippen LogP contribution in [0, 0.1) is 6.92 Å². The van der Waals surface area contributed by atoms with E-state index >= 15 is 0 Å². The number of hydrogen-bond acceptors (Lipinski definition) is 3. The van der Waals surface area contributed by atoms with E-state index in [1.165, 1.54) is 7.11 Å². The van der Waals surface area contributed by atoms with E-state index in [1.54, 1.807) is 7.11 Å². The minimum absolute atomic E-state index is 0.0113. The lowest BCUT2D eigenvalue weighted by Gasteiger charge is -2.18. The molecule has 0 aromatic heterocycles. The quantitative estimate of drug-likeness (QED) is 0.843. The lowest BCUT2D eigenvalue weighted by atomic mass is 10.0. The molecular weight excluding hydrogens is 230 g/mol. The number of ether oxygens (including phenoxy) is 2. The molecule has 1 aromatic carbocycles. The van der Waals surface area contributed by atoms with Crippen LogP contribution in [0.2, 0.25) is 0 Å². The number of hydrogen-bond donors (Lipinski definition) is 1. The second-order valence-corrected chi connectivity index (χ2v) is 4.19. The Morgan fingerprint density at radius 3 is 2.61 bits per heavy atom. The van der Waals surface area contributed by atoms with Gasteiger partial charge in [-0.05, 0) is 30.5 Å². The van der Waals surface area contributed by atoms with Crippen LogP contribution in [0.5, 0.6) is 5.75 Å². The third-order valence-corrected chi connectivity index (χ3v) is 2.84. The Hall–Kier alpha value is -1.55. The summed E-state index contributed by atoms with van der Waals surface area (Å²) in [7, 11) is 3.16. The van der Waals surface area contributed by atoms with Gasteiger partial charge in [0.25, 0.3) is 0 Å². The van der Waals surface area contributed by atoms with E-state index < -0.39 is 0 Å². The van der Waals surface area contributed by atoms with Crippen molar-refractivity contribution in [2.45, 2.75) is 26.3 Å². The van der Waals surface area contributed by atoms with Gasteiger partial charge in [-0.1, -0.05) is 19.1 Å². The van der Waals surface area contributed by atoms with E-state index in [9.17, 15) is 4.79 Å². The molecule has 4 heteroatoms. The minimum atomic E-state index is -0.0992. The molecule has 1 amide bonds. The van der Waals surface area contributed by atoms with E-state index in [0.717, 1.165) is 23.3 Å². The van der Waals surface area contributed by atoms with Crippen molar-refractivity contribution in [3.8, 4) is 5.75 Å². The summed E-state index contributed by atoms with van der Waals surface area (Å²) in [6, 6.07) is 5.96. The third-order valence-electron chi connectivity index (χ3n) is 2.84. The topological polar surface area (TPSA) is 47.6 Å². The number of aryl methyl sites for hydroxylation is 1. The van der Waals surface area contributed by atoms with Gasteiger partial charge in [-0.25, -0.2) is 0 Å². The summed E-state index contributed by atoms with van der Waals surface area (Å²) in [5.41, 5.74) is 2.15. The maximum Gasteiger partial charge on any atom is 0.246 e. The molecule has 1 aromatic rings. The highest BCUT2D eigenvalue weighted by molar-refractivity contribution is 5.77. The Morgan fingerprint density at radius 2 is 2.11 bits per heavy atom. The Kier molecular flexibility index (Phi) is 5.65. The van der Waals surface area contributed by atoms with Crippen molar-refractivity contribution < 1.29 is 14.3 Å². The normalized spacial score (nSPS) is 12.0. The molecular formula is C14H21NO3. The average Bonchev–Trinajstić information content (AvgIpc) is 2.36. The fourth-order valence-corrected chi connectivity index (χ4v) is 1.91. The Labute approximate surface area is 108 Å². The highest BCUT2D eigenvalue weighted by atomic mass is 16.5. The van der Waals surface area contributed by atoms with Crippen LogP contribution in [-0.4, -0.2) is 26.7 Å². The molecule has 18 heavy (non-hydrogen) atoms. The van der Waals surface area contributed by atoms with Crippen LogP contribution in [-0.2, 0) is 9.53 Å². The molecule has 0 bridgehead atoms. The first-order valence-corrected chi connectivity index (χ1v) is 6.05. The SMILES string of the molecule is CC[C@H](NC(=O)COC)c1ccc(OC)c(C)c1. The highest BCUT2D eigenvalue weighted by Crippen LogP contribution is 2.24. The van der Waals surface area contributed by atoms with Crippen molar-refractivity contribution in [1.82, 2.24) is 5.32 Å². The number of methoxy groups -OCH3 is 2. The van der Waals surface area contributed by atoms with Crippen LogP contribution >= 0.6 is 0 Å². The molecule has 1 N–H and O–H groups in total. The molecule has 0 saturated heterocycles. The summed E-state index contributed by atoms with van der Waals surface area (Å²) in [6.45, 7) is 4.12. The molecule has 100 valence electrons. The molecule has 0 spiro atoms. The summed E-state index contributed by atoms with van der Waals surface area (Å²) in [4.78, 5) is 11.5. The molecule has 0 aliphatic carbocycles. The van der Waals surface area contributed by atoms with E-state index in [2.05, 4.69) is 5.32 Å². The lowest BCUT2D eigenvalue weighted by Crippen LogP contribution is -2.31. The predicted molar refractivity (Wildman–Crippen MR) is 70.8 cm³/mol. The summed E-state index contributed by atoms with van der Waals surface area (Å²) in [5, 5.41) is 2.94. The van der Waals surface area contributed by atoms with Gasteiger partial charge in [-0.2, -0.15) is 0 Å². The lowest BCUT2D eigenvalue weighted by molar-refractivity contribution is -0.125. The maximum absolute atomic E-state index is 11.5. The largest absolute Gasteiger partial charge is 0.496 e. The summed E-state index contributed by atoms with van der Waals surface area (Å²) in [5.74, 6) is 0.759. The van der Waals surface area contributed by atoms with Gasteiger partial charge in [0, 0.05) is 7.11 Å². The molecule has 4 nitrogen and oxygen atoms in total. The van der Waals surface area contributed by atoms with Crippen molar-refractivity contribution in [3.05, 3.63) is 29.3 Å². The second kappa shape index (κ2) is 7.01. The zero-order chi connectivity index (χ0) is 13.5. The van der Waals surface area contributed by atoms with Crippen LogP contribution in [0.4, 0.5) is 0 Å². The zero-order valence-electron chi connectivity index (χ0n) is 11.4. The number of benzene rings is 1. The molecule has 1 atom stereocenters. The molecule has 0 radical (unpaired) electrons. The molecule has 0 fully saturated rings. The number of carbonyl (C=O) groups is 1. The van der Waals surface area contributed by atoms with Gasteiger partial charge in [0.05, 0.1) is 13.2 Å². The predicted octanol–water partition coefficient (Wildman–Crippen LogP) is 2.22. The van der Waals surface area contributed by atoms with E-state index in [-0.39, 0.29) is 18.6 Å². The fourth-order valence-electron chi connectivity index (χ4n) is 1.91. The van der Waals surface area contributed by atoms with Crippen LogP contribution in [0.25, 0.3) is 0 Å². The number of amides is 1. The van der Waals surface area contributed by atoms with E-state index in [4.69, 9.17) is 9.47 Å². The Balaban J connectivity index is 2.82. The highest BCUT2D eigenvalue weighted by Gasteiger charge is 2.13. The van der Waals surface area contributed by atoms with Crippen LogP contribution in [0.3, 0.4) is 0 Å². The van der Waals surface area contributed by atoms with E-state index in [1.807, 2.05) is 32.0 Å². The standard InChI is InChI=1S/C14H21NO3/c1-5-12(15-14(16)9-17-3)11-6-7-13(18-4)10(2)8-11/h6-8,12H,5,9H2,1-4H3,(H,15,16)/t12-/m0/s1. The van der Waals surface area contributed by atoms with Gasteiger partial charge < -0.3 is 14.8 Å². The molecule has 0 heterocycles. The molecule has 1 rings (SSSR count). The van der Waals surface area contributed by atoms with Crippen LogP contribution in [0.1, 0.15) is 30.5 Å². The Bertz CT molecular complexity index is 404. The maximum atomic E-state index is 11.5. The first-order valence-electron chi connectivity index (χ1n) is 6.05. The number of rotatable bonds is 6. The van der Waals surface area contributed by atoms with Crippen LogP contribution in [0.15, 0.2) is 18.2 Å². The number of nitrogens with one attached hydrogen (secondary N) is 1. The fraction of sp³-hybridized carbons (Fsp3) is 0.500. The van der Waals surface area contributed by atoms with Gasteiger partial charge in [0.2, 0.25) is 5.91 Å². The third kappa shape index (κ3) is 3.74. The van der Waals surface area contributed by atoms with Gasteiger partial charge >= 0.3 is 0 Å². The van der Waals surface area contributed by atoms with Gasteiger partial charge in [-0.3, -0.25) is 4.79 Å². The monoisotopic (exact) mass is 251 g/mol. The van der Waals surface area contributed by atoms with Crippen molar-refractivity contribution in [2.24, 2.45) is 0 Å². The van der Waals surface area contributed by atoms with Crippen molar-refractivity contribution >= 4 is 5.91 Å². The smallest absolute Gasteiger partial charge is 0.246 e. The van der Waals surface area contributed by atoms with Crippen molar-refractivity contribution in [3.63, 3.8) is 0 Å². The average molecular weight is 251 g/mol. The molecule has 0 aliphatic heterocycles. The molecule has 0 saturated carbocycles. The van der Waals surface area contributed by atoms with Crippen molar-refractivity contribution in [1.29, 1.82) is 0 Å². The zero-order valence-corrected chi connectivity index (χ0v) is 11.4. The van der Waals surface area contributed by atoms with Gasteiger partial charge in [0.1, 0.15) is 12.4 Å². The van der Waals surface area contributed by atoms with E-state index in [0.29, 0.717) is 0 Å². The van der Waals surface area contributed by atoms with Gasteiger partial charge in [-0.15, -0.1) is 0 Å². The Morgan fingerprint density at radius 1 is 1.39 bits per heavy atom. The van der Waals surface area contributed by atoms with Crippen LogP contribution < -0.4 is 10.1 Å². The number of carbonyl (C=O) groups excluding carboxylic acids is 1. The van der Waals surface area contributed by atoms with Gasteiger partial charge in [0.15, 0.2) is 0 Å². The summed E-state index contributed by atoms with van der Waals surface area (Å²) >= 11 is 0. The molecule has 0 unspecified atom stereocenters. The second-order valence-electron chi connectivity index (χ2n) is 4.19. The first-order chi connectivity index (χ1) is 8.62. The minimum Gasteiger partial charge on any atom is -0.496 e. The first kappa shape index (κ1) is 14.5. The molecule has 0 aliphatic rings. The summed E-state index contributed by atoms with van der Waals surface area (Å²) in [6.07, 6.45) is 0.835.